The maximum Gasteiger partial charge on any atom is 0.336 e. The fraction of sp³-hybridized carbons (Fsp3) is 0.312. The normalized spacial score (nSPS) is 16.6. The van der Waals surface area contributed by atoms with Crippen molar-refractivity contribution in [2.45, 2.75) is 19.9 Å². The SMILES string of the molecule is CCCn1cnc2c1N(c1ccccc1)C(=O)N1CCN=C21. The van der Waals surface area contributed by atoms with E-state index in [9.17, 15) is 4.79 Å². The van der Waals surface area contributed by atoms with Gasteiger partial charge in [-0.25, -0.2) is 14.7 Å². The molecule has 0 atom stereocenters. The summed E-state index contributed by atoms with van der Waals surface area (Å²) in [6.07, 6.45) is 2.79. The highest BCUT2D eigenvalue weighted by Gasteiger charge is 2.41. The molecule has 3 heterocycles. The zero-order chi connectivity index (χ0) is 15.1. The van der Waals surface area contributed by atoms with Crippen LogP contribution in [0.5, 0.6) is 0 Å². The van der Waals surface area contributed by atoms with Crippen LogP contribution in [0.15, 0.2) is 41.7 Å². The molecule has 2 amide bonds. The standard InChI is InChI=1S/C16H17N5O/c1-2-9-19-11-18-13-14-17-8-10-20(14)16(22)21(15(13)19)12-6-4-3-5-7-12/h3-7,11H,2,8-10H2,1H3. The summed E-state index contributed by atoms with van der Waals surface area (Å²) in [7, 11) is 0. The molecule has 2 aromatic rings. The molecule has 2 aliphatic heterocycles. The molecule has 0 N–H and O–H groups in total. The van der Waals surface area contributed by atoms with Crippen molar-refractivity contribution in [3.63, 3.8) is 0 Å². The van der Waals surface area contributed by atoms with Gasteiger partial charge in [-0.1, -0.05) is 25.1 Å². The number of fused-ring (bicyclic) bond motifs is 3. The van der Waals surface area contributed by atoms with Gasteiger partial charge in [0.1, 0.15) is 5.69 Å². The first kappa shape index (κ1) is 13.1. The van der Waals surface area contributed by atoms with Gasteiger partial charge in [0.05, 0.1) is 18.6 Å². The number of anilines is 2. The van der Waals surface area contributed by atoms with Gasteiger partial charge in [-0.3, -0.25) is 9.89 Å². The van der Waals surface area contributed by atoms with Crippen molar-refractivity contribution in [2.75, 3.05) is 18.0 Å². The number of nitrogens with zero attached hydrogens (tertiary/aromatic N) is 5. The van der Waals surface area contributed by atoms with Crippen molar-refractivity contribution >= 4 is 23.4 Å². The van der Waals surface area contributed by atoms with Crippen molar-refractivity contribution in [3.05, 3.63) is 42.4 Å². The molecule has 6 heteroatoms. The molecule has 1 aromatic carbocycles. The first-order valence-corrected chi connectivity index (χ1v) is 7.58. The molecule has 2 aliphatic rings. The van der Waals surface area contributed by atoms with Gasteiger partial charge in [-0.05, 0) is 18.6 Å². The van der Waals surface area contributed by atoms with Crippen LogP contribution < -0.4 is 4.90 Å². The van der Waals surface area contributed by atoms with E-state index in [0.717, 1.165) is 30.2 Å². The second-order valence-electron chi connectivity index (χ2n) is 5.42. The Bertz CT molecular complexity index is 749. The highest BCUT2D eigenvalue weighted by Crippen LogP contribution is 2.35. The number of urea groups is 1. The van der Waals surface area contributed by atoms with Crippen molar-refractivity contribution in [2.24, 2.45) is 4.99 Å². The molecule has 0 saturated heterocycles. The van der Waals surface area contributed by atoms with Crippen LogP contribution in [0.4, 0.5) is 16.3 Å². The van der Waals surface area contributed by atoms with E-state index in [1.54, 1.807) is 9.80 Å². The molecule has 0 unspecified atom stereocenters. The minimum Gasteiger partial charge on any atom is -0.316 e. The number of hydrogen-bond acceptors (Lipinski definition) is 3. The molecule has 22 heavy (non-hydrogen) atoms. The summed E-state index contributed by atoms with van der Waals surface area (Å²) in [4.78, 5) is 25.4. The zero-order valence-corrected chi connectivity index (χ0v) is 12.4. The number of aliphatic imine (C=N–C) groups is 1. The molecule has 0 spiro atoms. The van der Waals surface area contributed by atoms with E-state index < -0.39 is 0 Å². The molecule has 1 aromatic heterocycles. The lowest BCUT2D eigenvalue weighted by molar-refractivity contribution is 0.231. The van der Waals surface area contributed by atoms with Crippen molar-refractivity contribution in [1.82, 2.24) is 14.5 Å². The van der Waals surface area contributed by atoms with Crippen LogP contribution in [0.1, 0.15) is 19.0 Å². The monoisotopic (exact) mass is 295 g/mol. The third-order valence-corrected chi connectivity index (χ3v) is 3.98. The van der Waals surface area contributed by atoms with Gasteiger partial charge in [-0.15, -0.1) is 0 Å². The van der Waals surface area contributed by atoms with Crippen LogP contribution in [0.25, 0.3) is 0 Å². The molecule has 6 nitrogen and oxygen atoms in total. The molecular weight excluding hydrogens is 278 g/mol. The summed E-state index contributed by atoms with van der Waals surface area (Å²) < 4.78 is 2.04. The Morgan fingerprint density at radius 3 is 2.82 bits per heavy atom. The smallest absolute Gasteiger partial charge is 0.316 e. The number of hydrogen-bond donors (Lipinski definition) is 0. The van der Waals surface area contributed by atoms with Crippen molar-refractivity contribution in [1.29, 1.82) is 0 Å². The molecule has 0 aliphatic carbocycles. The van der Waals surface area contributed by atoms with Crippen LogP contribution >= 0.6 is 0 Å². The lowest BCUT2D eigenvalue weighted by Crippen LogP contribution is -2.48. The maximum absolute atomic E-state index is 13.0. The van der Waals surface area contributed by atoms with Crippen LogP contribution in [-0.2, 0) is 6.54 Å². The van der Waals surface area contributed by atoms with Crippen LogP contribution in [0.3, 0.4) is 0 Å². The van der Waals surface area contributed by atoms with E-state index in [1.165, 1.54) is 0 Å². The second kappa shape index (κ2) is 4.98. The summed E-state index contributed by atoms with van der Waals surface area (Å²) in [5.74, 6) is 1.54. The topological polar surface area (TPSA) is 53.7 Å². The van der Waals surface area contributed by atoms with Gasteiger partial charge in [0.2, 0.25) is 0 Å². The number of carbonyl (C=O) groups excluding carboxylic acids is 1. The largest absolute Gasteiger partial charge is 0.336 e. The predicted octanol–water partition coefficient (Wildman–Crippen LogP) is 2.63. The Morgan fingerprint density at radius 2 is 2.05 bits per heavy atom. The van der Waals surface area contributed by atoms with Crippen LogP contribution in [-0.4, -0.2) is 39.4 Å². The molecule has 0 fully saturated rings. The Morgan fingerprint density at radius 1 is 1.23 bits per heavy atom. The average Bonchev–Trinajstić information content (AvgIpc) is 3.17. The van der Waals surface area contributed by atoms with Crippen molar-refractivity contribution in [3.8, 4) is 0 Å². The number of benzene rings is 1. The second-order valence-corrected chi connectivity index (χ2v) is 5.42. The van der Waals surface area contributed by atoms with E-state index in [2.05, 4.69) is 16.9 Å². The number of amides is 2. The first-order chi connectivity index (χ1) is 10.8. The minimum atomic E-state index is -0.0483. The zero-order valence-electron chi connectivity index (χ0n) is 12.4. The number of imidazole rings is 1. The van der Waals surface area contributed by atoms with Gasteiger partial charge in [0.15, 0.2) is 11.7 Å². The predicted molar refractivity (Wildman–Crippen MR) is 84.6 cm³/mol. The number of aromatic nitrogens is 2. The number of para-hydroxylation sites is 1. The molecule has 112 valence electrons. The molecule has 0 saturated carbocycles. The Kier molecular flexibility index (Phi) is 2.96. The van der Waals surface area contributed by atoms with Gasteiger partial charge in [0.25, 0.3) is 0 Å². The van der Waals surface area contributed by atoms with E-state index in [1.807, 2.05) is 41.2 Å². The summed E-state index contributed by atoms with van der Waals surface area (Å²) in [5, 5.41) is 0. The lowest BCUT2D eigenvalue weighted by atomic mass is 10.2. The summed E-state index contributed by atoms with van der Waals surface area (Å²) >= 11 is 0. The quantitative estimate of drug-likeness (QED) is 0.874. The van der Waals surface area contributed by atoms with Crippen molar-refractivity contribution < 1.29 is 4.79 Å². The van der Waals surface area contributed by atoms with E-state index in [0.29, 0.717) is 18.9 Å². The fourth-order valence-corrected chi connectivity index (χ4v) is 3.03. The third kappa shape index (κ3) is 1.76. The van der Waals surface area contributed by atoms with E-state index >= 15 is 0 Å². The van der Waals surface area contributed by atoms with Gasteiger partial charge < -0.3 is 4.57 Å². The van der Waals surface area contributed by atoms with E-state index in [-0.39, 0.29) is 6.03 Å². The number of aryl methyl sites for hydroxylation is 1. The fourth-order valence-electron chi connectivity index (χ4n) is 3.03. The molecular formula is C16H17N5O. The summed E-state index contributed by atoms with van der Waals surface area (Å²) in [6, 6.07) is 9.68. The van der Waals surface area contributed by atoms with Crippen LogP contribution in [0.2, 0.25) is 0 Å². The minimum absolute atomic E-state index is 0.0483. The Balaban J connectivity index is 1.92. The maximum atomic E-state index is 13.0. The molecule has 0 bridgehead atoms. The average molecular weight is 295 g/mol. The Hall–Kier alpha value is -2.63. The van der Waals surface area contributed by atoms with Gasteiger partial charge in [0, 0.05) is 13.1 Å². The molecule has 4 rings (SSSR count). The third-order valence-electron chi connectivity index (χ3n) is 3.98. The lowest BCUT2D eigenvalue weighted by Gasteiger charge is -2.33. The summed E-state index contributed by atoms with van der Waals surface area (Å²) in [5.41, 5.74) is 1.66. The number of rotatable bonds is 3. The van der Waals surface area contributed by atoms with Crippen LogP contribution in [0, 0.1) is 0 Å². The highest BCUT2D eigenvalue weighted by molar-refractivity contribution is 6.20. The Labute approximate surface area is 128 Å². The summed E-state index contributed by atoms with van der Waals surface area (Å²) in [6.45, 7) is 4.21. The highest BCUT2D eigenvalue weighted by atomic mass is 16.2. The number of amidine groups is 1. The number of carbonyl (C=O) groups is 1. The van der Waals surface area contributed by atoms with Gasteiger partial charge >= 0.3 is 6.03 Å². The van der Waals surface area contributed by atoms with E-state index in [4.69, 9.17) is 0 Å². The first-order valence-electron chi connectivity index (χ1n) is 7.58. The molecule has 0 radical (unpaired) electrons. The van der Waals surface area contributed by atoms with Gasteiger partial charge in [-0.2, -0.15) is 0 Å².